The smallest absolute Gasteiger partial charge is 0.360 e. The molecule has 0 saturated carbocycles. The van der Waals surface area contributed by atoms with Crippen LogP contribution in [-0.2, 0) is 15.9 Å². The fraction of sp³-hybridized carbons (Fsp3) is 0.100. The van der Waals surface area contributed by atoms with Crippen molar-refractivity contribution in [1.29, 1.82) is 0 Å². The molecule has 1 heterocycles. The minimum Gasteiger partial charge on any atom is -0.360 e. The van der Waals surface area contributed by atoms with Gasteiger partial charge in [-0.05, 0) is 12.0 Å². The Labute approximate surface area is 75.6 Å². The molecule has 0 aliphatic carbocycles. The van der Waals surface area contributed by atoms with Gasteiger partial charge in [-0.2, -0.15) is 0 Å². The van der Waals surface area contributed by atoms with Gasteiger partial charge in [-0.15, -0.1) is 0 Å². The van der Waals surface area contributed by atoms with Crippen molar-refractivity contribution < 1.29 is 14.3 Å². The van der Waals surface area contributed by atoms with Crippen molar-refractivity contribution in [1.82, 2.24) is 0 Å². The largest absolute Gasteiger partial charge is 0.524 e. The molecule has 1 aromatic rings. The zero-order valence-corrected chi connectivity index (χ0v) is 6.90. The monoisotopic (exact) mass is 176 g/mol. The SMILES string of the molecule is O=C1OC(=CCc2ccccc2)O1. The molecule has 1 aliphatic heterocycles. The molecule has 0 aromatic heterocycles. The van der Waals surface area contributed by atoms with Gasteiger partial charge >= 0.3 is 6.16 Å². The fourth-order valence-electron chi connectivity index (χ4n) is 1.07. The molecule has 0 bridgehead atoms. The summed E-state index contributed by atoms with van der Waals surface area (Å²) in [6, 6.07) is 9.87. The van der Waals surface area contributed by atoms with Gasteiger partial charge in [-0.3, -0.25) is 0 Å². The molecule has 1 saturated heterocycles. The summed E-state index contributed by atoms with van der Waals surface area (Å²) in [5, 5.41) is 0. The Kier molecular flexibility index (Phi) is 2.00. The third-order valence-corrected chi connectivity index (χ3v) is 1.72. The number of ether oxygens (including phenoxy) is 2. The molecule has 0 radical (unpaired) electrons. The van der Waals surface area contributed by atoms with Gasteiger partial charge in [0.2, 0.25) is 0 Å². The summed E-state index contributed by atoms with van der Waals surface area (Å²) >= 11 is 0. The highest BCUT2D eigenvalue weighted by molar-refractivity contribution is 5.67. The second kappa shape index (κ2) is 3.31. The van der Waals surface area contributed by atoms with Crippen LogP contribution in [-0.4, -0.2) is 6.16 Å². The van der Waals surface area contributed by atoms with E-state index in [0.717, 1.165) is 5.56 Å². The molecule has 0 atom stereocenters. The Morgan fingerprint density at radius 2 is 1.85 bits per heavy atom. The summed E-state index contributed by atoms with van der Waals surface area (Å²) < 4.78 is 9.12. The van der Waals surface area contributed by atoms with E-state index < -0.39 is 6.16 Å². The first-order valence-electron chi connectivity index (χ1n) is 3.98. The molecule has 1 aromatic carbocycles. The number of benzene rings is 1. The van der Waals surface area contributed by atoms with Gasteiger partial charge in [0.25, 0.3) is 5.95 Å². The van der Waals surface area contributed by atoms with Crippen LogP contribution in [0.2, 0.25) is 0 Å². The van der Waals surface area contributed by atoms with Crippen molar-refractivity contribution in [2.45, 2.75) is 6.42 Å². The first kappa shape index (κ1) is 7.86. The number of carbonyl (C=O) groups excluding carboxylic acids is 1. The molecule has 0 unspecified atom stereocenters. The van der Waals surface area contributed by atoms with E-state index in [1.54, 1.807) is 6.08 Å². The third kappa shape index (κ3) is 1.87. The molecule has 3 heteroatoms. The minimum atomic E-state index is -0.626. The van der Waals surface area contributed by atoms with E-state index in [9.17, 15) is 4.79 Å². The third-order valence-electron chi connectivity index (χ3n) is 1.72. The maximum Gasteiger partial charge on any atom is 0.524 e. The molecule has 2 rings (SSSR count). The van der Waals surface area contributed by atoms with Crippen LogP contribution in [0.3, 0.4) is 0 Å². The van der Waals surface area contributed by atoms with E-state index in [2.05, 4.69) is 9.47 Å². The normalized spacial score (nSPS) is 14.2. The van der Waals surface area contributed by atoms with E-state index in [4.69, 9.17) is 0 Å². The number of carbonyl (C=O) groups is 1. The van der Waals surface area contributed by atoms with Gasteiger partial charge in [0.15, 0.2) is 0 Å². The molecule has 0 amide bonds. The molecule has 13 heavy (non-hydrogen) atoms. The highest BCUT2D eigenvalue weighted by atomic mass is 16.9. The van der Waals surface area contributed by atoms with E-state index in [1.165, 1.54) is 0 Å². The molecule has 0 N–H and O–H groups in total. The van der Waals surface area contributed by atoms with E-state index in [-0.39, 0.29) is 0 Å². The first-order valence-corrected chi connectivity index (χ1v) is 3.98. The number of cyclic esters (lactones) is 2. The summed E-state index contributed by atoms with van der Waals surface area (Å²) in [7, 11) is 0. The molecular weight excluding hydrogens is 168 g/mol. The van der Waals surface area contributed by atoms with Crippen LogP contribution in [0.1, 0.15) is 5.56 Å². The van der Waals surface area contributed by atoms with Gasteiger partial charge in [-0.1, -0.05) is 30.3 Å². The van der Waals surface area contributed by atoms with Gasteiger partial charge in [0, 0.05) is 6.08 Å². The molecule has 3 nitrogen and oxygen atoms in total. The van der Waals surface area contributed by atoms with Crippen molar-refractivity contribution >= 4 is 6.16 Å². The molecular formula is C10H8O3. The Morgan fingerprint density at radius 1 is 1.15 bits per heavy atom. The maximum absolute atomic E-state index is 10.2. The zero-order chi connectivity index (χ0) is 9.10. The van der Waals surface area contributed by atoms with Crippen LogP contribution < -0.4 is 0 Å². The van der Waals surface area contributed by atoms with E-state index in [0.29, 0.717) is 12.4 Å². The van der Waals surface area contributed by atoms with Crippen molar-refractivity contribution in [2.24, 2.45) is 0 Å². The van der Waals surface area contributed by atoms with Crippen molar-refractivity contribution in [3.8, 4) is 0 Å². The minimum absolute atomic E-state index is 0.300. The molecule has 0 spiro atoms. The molecule has 66 valence electrons. The average molecular weight is 176 g/mol. The Bertz CT molecular complexity index is 330. The van der Waals surface area contributed by atoms with Crippen LogP contribution in [0, 0.1) is 0 Å². The van der Waals surface area contributed by atoms with Gasteiger partial charge in [-0.25, -0.2) is 4.79 Å². The predicted octanol–water partition coefficient (Wildman–Crippen LogP) is 2.24. The lowest BCUT2D eigenvalue weighted by Gasteiger charge is -2.14. The Morgan fingerprint density at radius 3 is 2.46 bits per heavy atom. The lowest BCUT2D eigenvalue weighted by molar-refractivity contribution is -0.0265. The molecule has 1 fully saturated rings. The Balaban J connectivity index is 1.93. The zero-order valence-electron chi connectivity index (χ0n) is 6.90. The summed E-state index contributed by atoms with van der Waals surface area (Å²) in [6.45, 7) is 0. The van der Waals surface area contributed by atoms with Crippen LogP contribution >= 0.6 is 0 Å². The van der Waals surface area contributed by atoms with Gasteiger partial charge < -0.3 is 9.47 Å². The summed E-state index contributed by atoms with van der Waals surface area (Å²) in [5.41, 5.74) is 1.15. The number of hydrogen-bond acceptors (Lipinski definition) is 3. The highest BCUT2D eigenvalue weighted by Gasteiger charge is 2.23. The summed E-state index contributed by atoms with van der Waals surface area (Å²) in [5.74, 6) is 0.300. The lowest BCUT2D eigenvalue weighted by atomic mass is 10.1. The van der Waals surface area contributed by atoms with Gasteiger partial charge in [0.05, 0.1) is 0 Å². The quantitative estimate of drug-likeness (QED) is 0.648. The summed E-state index contributed by atoms with van der Waals surface area (Å²) in [6.07, 6.45) is 1.82. The predicted molar refractivity (Wildman–Crippen MR) is 45.8 cm³/mol. The average Bonchev–Trinajstić information content (AvgIpc) is 2.12. The van der Waals surface area contributed by atoms with E-state index >= 15 is 0 Å². The second-order valence-electron chi connectivity index (χ2n) is 2.67. The standard InChI is InChI=1S/C10H8O3/c11-10-12-9(13-10)7-6-8-4-2-1-3-5-8/h1-5,7H,6H2. The van der Waals surface area contributed by atoms with Crippen molar-refractivity contribution in [3.63, 3.8) is 0 Å². The lowest BCUT2D eigenvalue weighted by Crippen LogP contribution is -2.19. The second-order valence-corrected chi connectivity index (χ2v) is 2.67. The number of rotatable bonds is 2. The van der Waals surface area contributed by atoms with Crippen LogP contribution in [0.15, 0.2) is 42.4 Å². The van der Waals surface area contributed by atoms with E-state index in [1.807, 2.05) is 30.3 Å². The molecule has 1 aliphatic rings. The van der Waals surface area contributed by atoms with Gasteiger partial charge in [0.1, 0.15) is 0 Å². The number of allylic oxidation sites excluding steroid dienone is 1. The van der Waals surface area contributed by atoms with Crippen LogP contribution in [0.5, 0.6) is 0 Å². The summed E-state index contributed by atoms with van der Waals surface area (Å²) in [4.78, 5) is 10.2. The van der Waals surface area contributed by atoms with Crippen molar-refractivity contribution in [3.05, 3.63) is 47.9 Å². The number of hydrogen-bond donors (Lipinski definition) is 0. The topological polar surface area (TPSA) is 35.5 Å². The Hall–Kier alpha value is -1.77. The fourth-order valence-corrected chi connectivity index (χ4v) is 1.07. The van der Waals surface area contributed by atoms with Crippen molar-refractivity contribution in [2.75, 3.05) is 0 Å². The van der Waals surface area contributed by atoms with Crippen LogP contribution in [0.4, 0.5) is 4.79 Å². The van der Waals surface area contributed by atoms with Crippen LogP contribution in [0.25, 0.3) is 0 Å². The maximum atomic E-state index is 10.2. The highest BCUT2D eigenvalue weighted by Crippen LogP contribution is 2.15. The first-order chi connectivity index (χ1) is 6.34.